The summed E-state index contributed by atoms with van der Waals surface area (Å²) in [5, 5.41) is 9.00. The van der Waals surface area contributed by atoms with E-state index < -0.39 is 5.97 Å². The molecule has 2 aliphatic rings. The Morgan fingerprint density at radius 1 is 1.19 bits per heavy atom. The number of piperidine rings is 1. The molecule has 4 nitrogen and oxygen atoms in total. The van der Waals surface area contributed by atoms with Crippen molar-refractivity contribution in [3.05, 3.63) is 35.4 Å². The van der Waals surface area contributed by atoms with Crippen molar-refractivity contribution in [1.29, 1.82) is 0 Å². The minimum atomic E-state index is -0.730. The molecule has 1 aliphatic heterocycles. The molecule has 1 saturated carbocycles. The molecule has 1 heterocycles. The van der Waals surface area contributed by atoms with E-state index in [2.05, 4.69) is 19.1 Å². The molecular weight excluding hydrogens is 266 g/mol. The molecule has 1 aromatic carbocycles. The minimum Gasteiger partial charge on any atom is -0.481 e. The van der Waals surface area contributed by atoms with Gasteiger partial charge in [-0.3, -0.25) is 9.59 Å². The Kier molecular flexibility index (Phi) is 3.70. The third-order valence-electron chi connectivity index (χ3n) is 4.85. The number of benzene rings is 1. The number of likely N-dealkylation sites (tertiary alicyclic amines) is 1. The Morgan fingerprint density at radius 2 is 1.86 bits per heavy atom. The number of rotatable bonds is 3. The topological polar surface area (TPSA) is 57.6 Å². The molecular formula is C17H21NO3. The Morgan fingerprint density at radius 3 is 2.48 bits per heavy atom. The summed E-state index contributed by atoms with van der Waals surface area (Å²) >= 11 is 0. The van der Waals surface area contributed by atoms with E-state index in [1.165, 1.54) is 11.1 Å². The van der Waals surface area contributed by atoms with Crippen LogP contribution in [-0.4, -0.2) is 35.0 Å². The lowest BCUT2D eigenvalue weighted by molar-refractivity contribution is -0.146. The number of amides is 1. The molecule has 1 aliphatic carbocycles. The van der Waals surface area contributed by atoms with Crippen LogP contribution >= 0.6 is 0 Å². The molecule has 2 atom stereocenters. The lowest BCUT2D eigenvalue weighted by Crippen LogP contribution is -2.41. The zero-order valence-electron chi connectivity index (χ0n) is 12.3. The second-order valence-corrected chi connectivity index (χ2v) is 6.24. The van der Waals surface area contributed by atoms with Gasteiger partial charge in [0.1, 0.15) is 0 Å². The van der Waals surface area contributed by atoms with Crippen molar-refractivity contribution in [1.82, 2.24) is 4.90 Å². The fraction of sp³-hybridized carbons (Fsp3) is 0.529. The van der Waals surface area contributed by atoms with Crippen molar-refractivity contribution in [3.63, 3.8) is 0 Å². The van der Waals surface area contributed by atoms with E-state index in [0.29, 0.717) is 31.8 Å². The van der Waals surface area contributed by atoms with E-state index in [1.807, 2.05) is 17.0 Å². The van der Waals surface area contributed by atoms with Crippen LogP contribution in [0.4, 0.5) is 0 Å². The first-order valence-electron chi connectivity index (χ1n) is 7.65. The van der Waals surface area contributed by atoms with E-state index in [4.69, 9.17) is 5.11 Å². The van der Waals surface area contributed by atoms with Crippen LogP contribution in [0.15, 0.2) is 24.3 Å². The van der Waals surface area contributed by atoms with Gasteiger partial charge in [-0.05, 0) is 43.2 Å². The van der Waals surface area contributed by atoms with Gasteiger partial charge in [0, 0.05) is 19.0 Å². The smallest absolute Gasteiger partial charge is 0.306 e. The first-order chi connectivity index (χ1) is 10.1. The van der Waals surface area contributed by atoms with Crippen LogP contribution in [0, 0.1) is 18.8 Å². The highest BCUT2D eigenvalue weighted by molar-refractivity contribution is 5.83. The van der Waals surface area contributed by atoms with E-state index >= 15 is 0 Å². The van der Waals surface area contributed by atoms with Gasteiger partial charge in [0.25, 0.3) is 0 Å². The van der Waals surface area contributed by atoms with E-state index in [1.54, 1.807) is 0 Å². The zero-order valence-corrected chi connectivity index (χ0v) is 12.3. The average molecular weight is 287 g/mol. The third kappa shape index (κ3) is 2.80. The second kappa shape index (κ2) is 5.51. The van der Waals surface area contributed by atoms with Gasteiger partial charge in [-0.1, -0.05) is 24.3 Å². The second-order valence-electron chi connectivity index (χ2n) is 6.24. The Labute approximate surface area is 124 Å². The first-order valence-corrected chi connectivity index (χ1v) is 7.65. The van der Waals surface area contributed by atoms with Crippen LogP contribution < -0.4 is 0 Å². The molecule has 21 heavy (non-hydrogen) atoms. The van der Waals surface area contributed by atoms with Crippen LogP contribution in [0.1, 0.15) is 36.3 Å². The Hall–Kier alpha value is -1.84. The standard InChI is InChI=1S/C17H21NO3/c1-11-4-2-3-5-13(11)14-10-15(14)16(19)18-8-6-12(7-9-18)17(20)21/h2-5,12,14-15H,6-10H2,1H3,(H,20,21). The molecule has 112 valence electrons. The molecule has 0 bridgehead atoms. The summed E-state index contributed by atoms with van der Waals surface area (Å²) in [6, 6.07) is 8.26. The lowest BCUT2D eigenvalue weighted by Gasteiger charge is -2.30. The van der Waals surface area contributed by atoms with E-state index in [-0.39, 0.29) is 17.7 Å². The summed E-state index contributed by atoms with van der Waals surface area (Å²) in [5.41, 5.74) is 2.54. The summed E-state index contributed by atoms with van der Waals surface area (Å²) in [6.45, 7) is 3.27. The van der Waals surface area contributed by atoms with Crippen molar-refractivity contribution >= 4 is 11.9 Å². The van der Waals surface area contributed by atoms with Gasteiger partial charge in [-0.15, -0.1) is 0 Å². The van der Waals surface area contributed by atoms with Crippen LogP contribution in [0.5, 0.6) is 0 Å². The van der Waals surface area contributed by atoms with Gasteiger partial charge >= 0.3 is 5.97 Å². The maximum Gasteiger partial charge on any atom is 0.306 e. The molecule has 0 spiro atoms. The number of carbonyl (C=O) groups excluding carboxylic acids is 1. The van der Waals surface area contributed by atoms with Gasteiger partial charge in [0.2, 0.25) is 5.91 Å². The van der Waals surface area contributed by atoms with Crippen LogP contribution in [0.3, 0.4) is 0 Å². The summed E-state index contributed by atoms with van der Waals surface area (Å²) in [4.78, 5) is 25.3. The van der Waals surface area contributed by atoms with Crippen molar-refractivity contribution in [2.24, 2.45) is 11.8 Å². The lowest BCUT2D eigenvalue weighted by atomic mass is 9.96. The molecule has 1 amide bonds. The SMILES string of the molecule is Cc1ccccc1C1CC1C(=O)N1CCC(C(=O)O)CC1. The Bertz CT molecular complexity index is 561. The number of aryl methyl sites for hydroxylation is 1. The maximum atomic E-state index is 12.5. The molecule has 1 N–H and O–H groups in total. The number of carboxylic acid groups (broad SMARTS) is 1. The Balaban J connectivity index is 1.59. The van der Waals surface area contributed by atoms with Crippen molar-refractivity contribution in [3.8, 4) is 0 Å². The fourth-order valence-electron chi connectivity index (χ4n) is 3.40. The fourth-order valence-corrected chi connectivity index (χ4v) is 3.40. The normalized spacial score (nSPS) is 25.7. The quantitative estimate of drug-likeness (QED) is 0.929. The highest BCUT2D eigenvalue weighted by atomic mass is 16.4. The van der Waals surface area contributed by atoms with Crippen molar-refractivity contribution in [2.75, 3.05) is 13.1 Å². The molecule has 3 rings (SSSR count). The predicted molar refractivity (Wildman–Crippen MR) is 79.0 cm³/mol. The average Bonchev–Trinajstić information content (AvgIpc) is 3.27. The molecule has 1 aromatic rings. The van der Waals surface area contributed by atoms with E-state index in [9.17, 15) is 9.59 Å². The summed E-state index contributed by atoms with van der Waals surface area (Å²) in [7, 11) is 0. The molecule has 1 saturated heterocycles. The highest BCUT2D eigenvalue weighted by Gasteiger charge is 2.46. The number of aliphatic carboxylic acids is 1. The zero-order chi connectivity index (χ0) is 15.0. The van der Waals surface area contributed by atoms with Crippen molar-refractivity contribution < 1.29 is 14.7 Å². The van der Waals surface area contributed by atoms with E-state index in [0.717, 1.165) is 6.42 Å². The summed E-state index contributed by atoms with van der Waals surface area (Å²) in [6.07, 6.45) is 2.11. The summed E-state index contributed by atoms with van der Waals surface area (Å²) in [5.74, 6) is -0.331. The number of hydrogen-bond donors (Lipinski definition) is 1. The number of carboxylic acids is 1. The summed E-state index contributed by atoms with van der Waals surface area (Å²) < 4.78 is 0. The number of hydrogen-bond acceptors (Lipinski definition) is 2. The van der Waals surface area contributed by atoms with Crippen LogP contribution in [-0.2, 0) is 9.59 Å². The van der Waals surface area contributed by atoms with Gasteiger partial charge in [-0.2, -0.15) is 0 Å². The molecule has 2 fully saturated rings. The molecule has 0 radical (unpaired) electrons. The molecule has 0 aromatic heterocycles. The monoisotopic (exact) mass is 287 g/mol. The van der Waals surface area contributed by atoms with Crippen LogP contribution in [0.2, 0.25) is 0 Å². The van der Waals surface area contributed by atoms with Crippen LogP contribution in [0.25, 0.3) is 0 Å². The van der Waals surface area contributed by atoms with Crippen molar-refractivity contribution in [2.45, 2.75) is 32.1 Å². The van der Waals surface area contributed by atoms with Gasteiger partial charge in [0.05, 0.1) is 5.92 Å². The molecule has 4 heteroatoms. The van der Waals surface area contributed by atoms with Gasteiger partial charge in [0.15, 0.2) is 0 Å². The largest absolute Gasteiger partial charge is 0.481 e. The predicted octanol–water partition coefficient (Wildman–Crippen LogP) is 2.42. The molecule has 2 unspecified atom stereocenters. The van der Waals surface area contributed by atoms with Gasteiger partial charge in [-0.25, -0.2) is 0 Å². The number of carbonyl (C=O) groups is 2. The first kappa shape index (κ1) is 14.1. The maximum absolute atomic E-state index is 12.5. The van der Waals surface area contributed by atoms with Gasteiger partial charge < -0.3 is 10.0 Å². The third-order valence-corrected chi connectivity index (χ3v) is 4.85. The highest BCUT2D eigenvalue weighted by Crippen LogP contribution is 2.49. The number of nitrogens with zero attached hydrogens (tertiary/aromatic N) is 1. The minimum absolute atomic E-state index is 0.104.